The maximum atomic E-state index is 4.15. The molecule has 0 unspecified atom stereocenters. The first kappa shape index (κ1) is 9.21. The molecule has 1 rings (SSSR count). The Bertz CT molecular complexity index is 293. The van der Waals surface area contributed by atoms with Crippen LogP contribution in [-0.2, 0) is 6.54 Å². The summed E-state index contributed by atoms with van der Waals surface area (Å²) in [6.45, 7) is 3.09. The third kappa shape index (κ3) is 2.63. The maximum Gasteiger partial charge on any atom is 0.0646 e. The van der Waals surface area contributed by atoms with E-state index in [0.29, 0.717) is 5.75 Å². The summed E-state index contributed by atoms with van der Waals surface area (Å²) in [5.41, 5.74) is 0.970. The van der Waals surface area contributed by atoms with E-state index in [1.54, 1.807) is 6.20 Å². The fraction of sp³-hybridized carbons (Fsp3) is 0.444. The molecule has 0 bridgehead atoms. The van der Waals surface area contributed by atoms with E-state index in [2.05, 4.69) is 36.5 Å². The standard InChI is InChI=1S/C9H12N2S/c1-2-5-11-8-9(7-10-11)4-3-6-12/h7-8,12H,2,5-6H2,1H3. The van der Waals surface area contributed by atoms with E-state index in [0.717, 1.165) is 18.5 Å². The van der Waals surface area contributed by atoms with Gasteiger partial charge in [-0.05, 0) is 6.42 Å². The molecular weight excluding hydrogens is 168 g/mol. The quantitative estimate of drug-likeness (QED) is 0.540. The number of thiol groups is 1. The fourth-order valence-electron chi connectivity index (χ4n) is 0.921. The minimum Gasteiger partial charge on any atom is -0.271 e. The van der Waals surface area contributed by atoms with Gasteiger partial charge in [-0.1, -0.05) is 18.8 Å². The number of rotatable bonds is 2. The van der Waals surface area contributed by atoms with E-state index in [1.165, 1.54) is 0 Å². The van der Waals surface area contributed by atoms with Gasteiger partial charge in [-0.3, -0.25) is 4.68 Å². The van der Waals surface area contributed by atoms with Crippen LogP contribution in [-0.4, -0.2) is 15.5 Å². The van der Waals surface area contributed by atoms with E-state index in [4.69, 9.17) is 0 Å². The SMILES string of the molecule is CCCn1cc(C#CCS)cn1. The Hall–Kier alpha value is -0.880. The van der Waals surface area contributed by atoms with Gasteiger partial charge < -0.3 is 0 Å². The Morgan fingerprint density at radius 2 is 2.50 bits per heavy atom. The van der Waals surface area contributed by atoms with Crippen LogP contribution in [0, 0.1) is 11.8 Å². The van der Waals surface area contributed by atoms with Gasteiger partial charge in [0.05, 0.1) is 17.5 Å². The lowest BCUT2D eigenvalue weighted by atomic mass is 10.4. The molecule has 0 saturated carbocycles. The second-order valence-corrected chi connectivity index (χ2v) is 2.77. The number of aryl methyl sites for hydroxylation is 1. The molecule has 1 heterocycles. The predicted octanol–water partition coefficient (Wildman–Crippen LogP) is 1.57. The average molecular weight is 180 g/mol. The van der Waals surface area contributed by atoms with Gasteiger partial charge in [-0.15, -0.1) is 0 Å². The number of hydrogen-bond acceptors (Lipinski definition) is 2. The molecule has 0 aliphatic carbocycles. The highest BCUT2D eigenvalue weighted by Crippen LogP contribution is 1.95. The van der Waals surface area contributed by atoms with Crippen molar-refractivity contribution in [3.8, 4) is 11.8 Å². The molecule has 0 amide bonds. The molecule has 0 spiro atoms. The summed E-state index contributed by atoms with van der Waals surface area (Å²) in [5.74, 6) is 6.44. The summed E-state index contributed by atoms with van der Waals surface area (Å²) in [6.07, 6.45) is 4.84. The van der Waals surface area contributed by atoms with E-state index >= 15 is 0 Å². The topological polar surface area (TPSA) is 17.8 Å². The maximum absolute atomic E-state index is 4.15. The molecule has 1 aromatic rings. The van der Waals surface area contributed by atoms with Crippen LogP contribution >= 0.6 is 12.6 Å². The van der Waals surface area contributed by atoms with Gasteiger partial charge in [-0.25, -0.2) is 0 Å². The van der Waals surface area contributed by atoms with Gasteiger partial charge >= 0.3 is 0 Å². The Labute approximate surface area is 78.4 Å². The van der Waals surface area contributed by atoms with Crippen molar-refractivity contribution in [3.05, 3.63) is 18.0 Å². The predicted molar refractivity (Wildman–Crippen MR) is 53.2 cm³/mol. The van der Waals surface area contributed by atoms with Crippen LogP contribution in [0.25, 0.3) is 0 Å². The fourth-order valence-corrected chi connectivity index (χ4v) is 1.00. The van der Waals surface area contributed by atoms with Crippen LogP contribution in [0.15, 0.2) is 12.4 Å². The van der Waals surface area contributed by atoms with E-state index in [9.17, 15) is 0 Å². The van der Waals surface area contributed by atoms with Crippen LogP contribution in [0.5, 0.6) is 0 Å². The van der Waals surface area contributed by atoms with Gasteiger partial charge in [-0.2, -0.15) is 17.7 Å². The van der Waals surface area contributed by atoms with Gasteiger partial charge in [0.1, 0.15) is 0 Å². The van der Waals surface area contributed by atoms with Gasteiger partial charge in [0, 0.05) is 12.7 Å². The zero-order valence-electron chi connectivity index (χ0n) is 7.12. The first-order valence-electron chi connectivity index (χ1n) is 3.99. The molecule has 3 heteroatoms. The summed E-state index contributed by atoms with van der Waals surface area (Å²) in [5, 5.41) is 4.15. The third-order valence-electron chi connectivity index (χ3n) is 1.40. The smallest absolute Gasteiger partial charge is 0.0646 e. The first-order chi connectivity index (χ1) is 5.86. The second-order valence-electron chi connectivity index (χ2n) is 2.45. The van der Waals surface area contributed by atoms with Crippen molar-refractivity contribution >= 4 is 12.6 Å². The lowest BCUT2D eigenvalue weighted by molar-refractivity contribution is 0.602. The second kappa shape index (κ2) is 4.89. The number of nitrogens with zero attached hydrogens (tertiary/aromatic N) is 2. The molecule has 0 aromatic carbocycles. The minimum atomic E-state index is 0.596. The van der Waals surface area contributed by atoms with Gasteiger partial charge in [0.15, 0.2) is 0 Å². The molecule has 0 aliphatic heterocycles. The van der Waals surface area contributed by atoms with Crippen molar-refractivity contribution in [2.45, 2.75) is 19.9 Å². The lowest BCUT2D eigenvalue weighted by Gasteiger charge is -1.93. The highest BCUT2D eigenvalue weighted by atomic mass is 32.1. The zero-order chi connectivity index (χ0) is 8.81. The Morgan fingerprint density at radius 1 is 1.67 bits per heavy atom. The summed E-state index contributed by atoms with van der Waals surface area (Å²) in [7, 11) is 0. The van der Waals surface area contributed by atoms with E-state index in [1.807, 2.05) is 10.9 Å². The first-order valence-corrected chi connectivity index (χ1v) is 4.62. The largest absolute Gasteiger partial charge is 0.271 e. The highest BCUT2D eigenvalue weighted by Gasteiger charge is 1.92. The Morgan fingerprint density at radius 3 is 3.17 bits per heavy atom. The van der Waals surface area contributed by atoms with Crippen LogP contribution in [0.1, 0.15) is 18.9 Å². The molecule has 64 valence electrons. The van der Waals surface area contributed by atoms with Crippen molar-refractivity contribution < 1.29 is 0 Å². The average Bonchev–Trinajstić information content (AvgIpc) is 2.50. The molecule has 0 radical (unpaired) electrons. The Kier molecular flexibility index (Phi) is 3.75. The van der Waals surface area contributed by atoms with Crippen molar-refractivity contribution in [3.63, 3.8) is 0 Å². The van der Waals surface area contributed by atoms with Crippen molar-refractivity contribution in [1.29, 1.82) is 0 Å². The highest BCUT2D eigenvalue weighted by molar-refractivity contribution is 7.80. The lowest BCUT2D eigenvalue weighted by Crippen LogP contribution is -1.95. The summed E-state index contributed by atoms with van der Waals surface area (Å²) in [6, 6.07) is 0. The van der Waals surface area contributed by atoms with Gasteiger partial charge in [0.2, 0.25) is 0 Å². The normalized spacial score (nSPS) is 9.17. The minimum absolute atomic E-state index is 0.596. The molecule has 0 aliphatic rings. The van der Waals surface area contributed by atoms with Crippen LogP contribution in [0.2, 0.25) is 0 Å². The van der Waals surface area contributed by atoms with Crippen LogP contribution in [0.4, 0.5) is 0 Å². The third-order valence-corrected chi connectivity index (χ3v) is 1.56. The van der Waals surface area contributed by atoms with E-state index < -0.39 is 0 Å². The van der Waals surface area contributed by atoms with E-state index in [-0.39, 0.29) is 0 Å². The summed E-state index contributed by atoms with van der Waals surface area (Å²) < 4.78 is 1.91. The van der Waals surface area contributed by atoms with Crippen molar-refractivity contribution in [2.75, 3.05) is 5.75 Å². The van der Waals surface area contributed by atoms with Gasteiger partial charge in [0.25, 0.3) is 0 Å². The van der Waals surface area contributed by atoms with Crippen LogP contribution in [0.3, 0.4) is 0 Å². The molecule has 1 aromatic heterocycles. The van der Waals surface area contributed by atoms with Crippen molar-refractivity contribution in [1.82, 2.24) is 9.78 Å². The molecule has 12 heavy (non-hydrogen) atoms. The zero-order valence-corrected chi connectivity index (χ0v) is 8.01. The molecule has 2 nitrogen and oxygen atoms in total. The summed E-state index contributed by atoms with van der Waals surface area (Å²) in [4.78, 5) is 0. The molecule has 0 N–H and O–H groups in total. The summed E-state index contributed by atoms with van der Waals surface area (Å²) >= 11 is 4.00. The molecular formula is C9H12N2S. The number of aromatic nitrogens is 2. The Balaban J connectivity index is 2.64. The number of hydrogen-bond donors (Lipinski definition) is 1. The molecule has 0 atom stereocenters. The van der Waals surface area contributed by atoms with Crippen molar-refractivity contribution in [2.24, 2.45) is 0 Å². The molecule has 0 fully saturated rings. The molecule has 0 saturated heterocycles. The monoisotopic (exact) mass is 180 g/mol. The van der Waals surface area contributed by atoms with Crippen LogP contribution < -0.4 is 0 Å².